The molecule has 0 amide bonds. The van der Waals surface area contributed by atoms with Gasteiger partial charge in [-0.3, -0.25) is 0 Å². The molecule has 2 aliphatic rings. The van der Waals surface area contributed by atoms with Crippen LogP contribution in [0.1, 0.15) is 297 Å². The SMILES string of the molecule is C=C(CCCCCCCC)CCCCCCCCCC.CCCCCCCCCCC(CCCCCCCC)CSC1CCCCC1.SC1CCCCC1. The van der Waals surface area contributed by atoms with E-state index in [-0.39, 0.29) is 0 Å². The standard InChI is InChI=1S/C26H52S.C20H40.C6H12S/c1-3-5-7-9-11-12-14-17-21-25(20-16-13-10-8-6-4-2)24-27-26-22-18-15-19-23-26;1-4-6-8-10-12-13-15-17-19-20(3)18-16-14-11-9-7-5-2;7-6-4-2-1-3-5-6/h25-26H,3-24H2,1-2H3;3-19H2,1-2H3;6-7H,1-5H2. The van der Waals surface area contributed by atoms with Gasteiger partial charge in [-0.05, 0) is 75.9 Å². The van der Waals surface area contributed by atoms with E-state index in [0.29, 0.717) is 0 Å². The van der Waals surface area contributed by atoms with E-state index in [1.807, 2.05) is 0 Å². The Hall–Kier alpha value is 0.440. The number of unbranched alkanes of at least 4 members (excludes halogenated alkanes) is 24. The van der Waals surface area contributed by atoms with Crippen LogP contribution in [0.3, 0.4) is 0 Å². The van der Waals surface area contributed by atoms with Gasteiger partial charge in [-0.1, -0.05) is 245 Å². The smallest absolute Gasteiger partial charge is 0.00471 e. The molecule has 0 heterocycles. The van der Waals surface area contributed by atoms with Gasteiger partial charge in [0.2, 0.25) is 0 Å². The molecule has 1 unspecified atom stereocenters. The number of hydrogen-bond acceptors (Lipinski definition) is 2. The molecule has 0 nitrogen and oxygen atoms in total. The zero-order chi connectivity index (χ0) is 39.4. The van der Waals surface area contributed by atoms with E-state index in [1.165, 1.54) is 281 Å². The highest BCUT2D eigenvalue weighted by Crippen LogP contribution is 2.32. The molecule has 0 N–H and O–H groups in total. The van der Waals surface area contributed by atoms with Gasteiger partial charge in [-0.2, -0.15) is 24.4 Å². The lowest BCUT2D eigenvalue weighted by Gasteiger charge is -2.24. The third-order valence-corrected chi connectivity index (χ3v) is 14.5. The summed E-state index contributed by atoms with van der Waals surface area (Å²) < 4.78 is 0. The lowest BCUT2D eigenvalue weighted by Crippen LogP contribution is -2.12. The monoisotopic (exact) mass is 793 g/mol. The van der Waals surface area contributed by atoms with Crippen LogP contribution >= 0.6 is 24.4 Å². The van der Waals surface area contributed by atoms with Crippen molar-refractivity contribution < 1.29 is 0 Å². The van der Waals surface area contributed by atoms with E-state index < -0.39 is 0 Å². The number of thiol groups is 1. The second-order valence-electron chi connectivity index (χ2n) is 18.1. The van der Waals surface area contributed by atoms with Gasteiger partial charge in [0.15, 0.2) is 0 Å². The summed E-state index contributed by atoms with van der Waals surface area (Å²) >= 11 is 6.72. The minimum atomic E-state index is 0.730. The summed E-state index contributed by atoms with van der Waals surface area (Å²) in [6.45, 7) is 13.5. The Morgan fingerprint density at radius 1 is 0.444 bits per heavy atom. The molecule has 0 radical (unpaired) electrons. The zero-order valence-electron chi connectivity index (χ0n) is 38.2. The number of hydrogen-bond donors (Lipinski definition) is 1. The second kappa shape index (κ2) is 46.1. The molecule has 0 aromatic rings. The third kappa shape index (κ3) is 42.1. The molecular formula is C52H104S2. The molecule has 0 aliphatic heterocycles. The summed E-state index contributed by atoms with van der Waals surface area (Å²) in [7, 11) is 0. The fourth-order valence-corrected chi connectivity index (χ4v) is 10.4. The lowest BCUT2D eigenvalue weighted by atomic mass is 9.95. The first-order valence-corrected chi connectivity index (χ1v) is 27.1. The highest BCUT2D eigenvalue weighted by Gasteiger charge is 2.17. The summed E-state index contributed by atoms with van der Waals surface area (Å²) in [4.78, 5) is 0. The van der Waals surface area contributed by atoms with Crippen LogP contribution in [-0.4, -0.2) is 16.3 Å². The highest BCUT2D eigenvalue weighted by atomic mass is 32.2. The molecule has 0 saturated heterocycles. The maximum absolute atomic E-state index is 4.36. The normalized spacial score (nSPS) is 15.6. The van der Waals surface area contributed by atoms with Crippen molar-refractivity contribution in [2.24, 2.45) is 5.92 Å². The number of rotatable bonds is 35. The van der Waals surface area contributed by atoms with Crippen LogP contribution in [0.15, 0.2) is 12.2 Å². The van der Waals surface area contributed by atoms with Crippen LogP contribution in [-0.2, 0) is 0 Å². The van der Waals surface area contributed by atoms with Crippen LogP contribution < -0.4 is 0 Å². The van der Waals surface area contributed by atoms with Gasteiger partial charge < -0.3 is 0 Å². The van der Waals surface area contributed by atoms with Crippen molar-refractivity contribution >= 4 is 24.4 Å². The largest absolute Gasteiger partial charge is 0.176 e. The average molecular weight is 794 g/mol. The van der Waals surface area contributed by atoms with Gasteiger partial charge in [0, 0.05) is 10.5 Å². The van der Waals surface area contributed by atoms with Crippen LogP contribution in [0.25, 0.3) is 0 Å². The van der Waals surface area contributed by atoms with Gasteiger partial charge in [-0.15, -0.1) is 0 Å². The van der Waals surface area contributed by atoms with Crippen molar-refractivity contribution in [1.82, 2.24) is 0 Å². The van der Waals surface area contributed by atoms with E-state index >= 15 is 0 Å². The van der Waals surface area contributed by atoms with Crippen LogP contribution in [0.4, 0.5) is 0 Å². The van der Waals surface area contributed by atoms with Gasteiger partial charge in [0.25, 0.3) is 0 Å². The second-order valence-corrected chi connectivity index (χ2v) is 20.1. The molecule has 0 bridgehead atoms. The molecule has 2 heteroatoms. The van der Waals surface area contributed by atoms with Crippen LogP contribution in [0.2, 0.25) is 0 Å². The van der Waals surface area contributed by atoms with Gasteiger partial charge >= 0.3 is 0 Å². The Bertz CT molecular complexity index is 690. The molecule has 2 aliphatic carbocycles. The van der Waals surface area contributed by atoms with Gasteiger partial charge in [0.1, 0.15) is 0 Å². The van der Waals surface area contributed by atoms with E-state index in [4.69, 9.17) is 0 Å². The minimum Gasteiger partial charge on any atom is -0.176 e. The van der Waals surface area contributed by atoms with Crippen molar-refractivity contribution in [3.63, 3.8) is 0 Å². The van der Waals surface area contributed by atoms with Crippen molar-refractivity contribution in [3.05, 3.63) is 12.2 Å². The maximum atomic E-state index is 4.36. The summed E-state index contributed by atoms with van der Waals surface area (Å²) in [6.07, 6.45) is 60.3. The average Bonchev–Trinajstić information content (AvgIpc) is 3.19. The van der Waals surface area contributed by atoms with Gasteiger partial charge in [0.05, 0.1) is 0 Å². The topological polar surface area (TPSA) is 0 Å². The fraction of sp³-hybridized carbons (Fsp3) is 0.962. The van der Waals surface area contributed by atoms with Crippen molar-refractivity contribution in [1.29, 1.82) is 0 Å². The molecule has 2 fully saturated rings. The Kier molecular flexibility index (Phi) is 46.5. The summed E-state index contributed by atoms with van der Waals surface area (Å²) in [5.74, 6) is 2.49. The Morgan fingerprint density at radius 3 is 1.09 bits per heavy atom. The summed E-state index contributed by atoms with van der Waals surface area (Å²) in [5, 5.41) is 1.73. The molecule has 324 valence electrons. The van der Waals surface area contributed by atoms with Crippen molar-refractivity contribution in [2.45, 2.75) is 308 Å². The molecular weight excluding hydrogens is 689 g/mol. The molecule has 0 aromatic carbocycles. The molecule has 0 aromatic heterocycles. The highest BCUT2D eigenvalue weighted by molar-refractivity contribution is 7.99. The number of thioether (sulfide) groups is 1. The summed E-state index contributed by atoms with van der Waals surface area (Å²) in [5.41, 5.74) is 1.51. The molecule has 0 spiro atoms. The predicted molar refractivity (Wildman–Crippen MR) is 258 cm³/mol. The molecule has 1 atom stereocenters. The third-order valence-electron chi connectivity index (χ3n) is 12.4. The van der Waals surface area contributed by atoms with E-state index in [1.54, 1.807) is 0 Å². The van der Waals surface area contributed by atoms with Crippen molar-refractivity contribution in [3.8, 4) is 0 Å². The van der Waals surface area contributed by atoms with Gasteiger partial charge in [-0.25, -0.2) is 0 Å². The Labute approximate surface area is 354 Å². The van der Waals surface area contributed by atoms with E-state index in [2.05, 4.69) is 58.7 Å². The van der Waals surface area contributed by atoms with E-state index in [9.17, 15) is 0 Å². The molecule has 2 rings (SSSR count). The Balaban J connectivity index is 0.000000905. The Morgan fingerprint density at radius 2 is 0.759 bits per heavy atom. The van der Waals surface area contributed by atoms with E-state index in [0.717, 1.165) is 16.4 Å². The number of allylic oxidation sites excluding steroid dienone is 1. The van der Waals surface area contributed by atoms with Crippen LogP contribution in [0.5, 0.6) is 0 Å². The zero-order valence-corrected chi connectivity index (χ0v) is 39.9. The lowest BCUT2D eigenvalue weighted by molar-refractivity contribution is 0.435. The quantitative estimate of drug-likeness (QED) is 0.0379. The fourth-order valence-electron chi connectivity index (χ4n) is 8.47. The molecule has 2 saturated carbocycles. The molecule has 54 heavy (non-hydrogen) atoms. The first-order valence-electron chi connectivity index (χ1n) is 25.5. The first kappa shape index (κ1) is 54.4. The minimum absolute atomic E-state index is 0.730. The maximum Gasteiger partial charge on any atom is 0.00471 e. The van der Waals surface area contributed by atoms with Crippen LogP contribution in [0, 0.1) is 5.92 Å². The van der Waals surface area contributed by atoms with Crippen molar-refractivity contribution in [2.75, 3.05) is 5.75 Å². The predicted octanol–water partition coefficient (Wildman–Crippen LogP) is 20.0. The first-order chi connectivity index (χ1) is 26.6. The summed E-state index contributed by atoms with van der Waals surface area (Å²) in [6, 6.07) is 0.